The fraction of sp³-hybridized carbons (Fsp3) is 0.600. The molecule has 0 fully saturated rings. The minimum absolute atomic E-state index is 0.242. The Kier molecular flexibility index (Phi) is 5.63. The molecule has 1 rings (SSSR count). The molecule has 19 heavy (non-hydrogen) atoms. The third-order valence-electron chi connectivity index (χ3n) is 3.95. The Bertz CT molecular complexity index is 394. The maximum atomic E-state index is 6.43. The van der Waals surface area contributed by atoms with E-state index in [0.29, 0.717) is 0 Å². The highest BCUT2D eigenvalue weighted by Gasteiger charge is 2.35. The van der Waals surface area contributed by atoms with Crippen LogP contribution < -0.4 is 15.2 Å². The van der Waals surface area contributed by atoms with Gasteiger partial charge in [0, 0.05) is 18.7 Å². The zero-order valence-corrected chi connectivity index (χ0v) is 12.5. The standard InChI is InChI=1S/C15H25NO3/c1-6-15(7-2,19-5)14(16)12-9-8-11(17-3)10-13(12)18-4/h8-10,14H,6-7,16H2,1-5H3. The average molecular weight is 267 g/mol. The molecule has 0 aliphatic rings. The van der Waals surface area contributed by atoms with Gasteiger partial charge < -0.3 is 19.9 Å². The molecular weight excluding hydrogens is 242 g/mol. The largest absolute Gasteiger partial charge is 0.497 e. The third-order valence-corrected chi connectivity index (χ3v) is 3.95. The second kappa shape index (κ2) is 6.78. The smallest absolute Gasteiger partial charge is 0.127 e. The highest BCUT2D eigenvalue weighted by Crippen LogP contribution is 2.38. The van der Waals surface area contributed by atoms with Gasteiger partial charge in [-0.2, -0.15) is 0 Å². The SMILES string of the molecule is CCC(CC)(OC)C(N)c1ccc(OC)cc1OC. The highest BCUT2D eigenvalue weighted by molar-refractivity contribution is 5.43. The van der Waals surface area contributed by atoms with Crippen LogP contribution in [0.15, 0.2) is 18.2 Å². The van der Waals surface area contributed by atoms with Gasteiger partial charge in [-0.15, -0.1) is 0 Å². The first kappa shape index (κ1) is 15.8. The van der Waals surface area contributed by atoms with Gasteiger partial charge in [0.15, 0.2) is 0 Å². The maximum Gasteiger partial charge on any atom is 0.127 e. The summed E-state index contributed by atoms with van der Waals surface area (Å²) in [5.74, 6) is 1.49. The number of nitrogens with two attached hydrogens (primary N) is 1. The van der Waals surface area contributed by atoms with Crippen LogP contribution >= 0.6 is 0 Å². The van der Waals surface area contributed by atoms with Crippen molar-refractivity contribution in [1.29, 1.82) is 0 Å². The van der Waals surface area contributed by atoms with Crippen molar-refractivity contribution in [1.82, 2.24) is 0 Å². The minimum atomic E-state index is -0.373. The van der Waals surface area contributed by atoms with E-state index < -0.39 is 0 Å². The second-order valence-electron chi connectivity index (χ2n) is 4.56. The van der Waals surface area contributed by atoms with E-state index in [1.165, 1.54) is 0 Å². The first-order valence-electron chi connectivity index (χ1n) is 6.61. The molecule has 4 heteroatoms. The zero-order chi connectivity index (χ0) is 14.5. The van der Waals surface area contributed by atoms with Crippen LogP contribution in [-0.4, -0.2) is 26.9 Å². The summed E-state index contributed by atoms with van der Waals surface area (Å²) in [6.07, 6.45) is 1.69. The van der Waals surface area contributed by atoms with E-state index in [9.17, 15) is 0 Å². The van der Waals surface area contributed by atoms with Gasteiger partial charge in [-0.1, -0.05) is 13.8 Å². The van der Waals surface area contributed by atoms with Gasteiger partial charge in [-0.05, 0) is 25.0 Å². The molecule has 0 amide bonds. The molecule has 1 aromatic rings. The predicted molar refractivity (Wildman–Crippen MR) is 76.8 cm³/mol. The van der Waals surface area contributed by atoms with Gasteiger partial charge in [0.1, 0.15) is 11.5 Å². The number of hydrogen-bond acceptors (Lipinski definition) is 4. The van der Waals surface area contributed by atoms with Crippen LogP contribution in [0.3, 0.4) is 0 Å². The molecule has 1 atom stereocenters. The Hall–Kier alpha value is -1.26. The van der Waals surface area contributed by atoms with Crippen molar-refractivity contribution >= 4 is 0 Å². The molecule has 1 unspecified atom stereocenters. The van der Waals surface area contributed by atoms with Gasteiger partial charge in [0.25, 0.3) is 0 Å². The highest BCUT2D eigenvalue weighted by atomic mass is 16.5. The number of methoxy groups -OCH3 is 3. The van der Waals surface area contributed by atoms with Crippen LogP contribution in [-0.2, 0) is 4.74 Å². The first-order valence-corrected chi connectivity index (χ1v) is 6.61. The lowest BCUT2D eigenvalue weighted by atomic mass is 9.84. The summed E-state index contributed by atoms with van der Waals surface area (Å²) in [5.41, 5.74) is 6.99. The summed E-state index contributed by atoms with van der Waals surface area (Å²) in [6.45, 7) is 4.17. The van der Waals surface area contributed by atoms with Crippen LogP contribution in [0.4, 0.5) is 0 Å². The summed E-state index contributed by atoms with van der Waals surface area (Å²) < 4.78 is 16.3. The topological polar surface area (TPSA) is 53.7 Å². The Labute approximate surface area is 115 Å². The molecule has 0 aliphatic heterocycles. The Morgan fingerprint density at radius 1 is 1.11 bits per heavy atom. The van der Waals surface area contributed by atoms with Crippen molar-refractivity contribution in [2.45, 2.75) is 38.3 Å². The van der Waals surface area contributed by atoms with Crippen LogP contribution in [0.2, 0.25) is 0 Å². The van der Waals surface area contributed by atoms with Crippen molar-refractivity contribution in [3.63, 3.8) is 0 Å². The molecule has 0 saturated carbocycles. The monoisotopic (exact) mass is 267 g/mol. The lowest BCUT2D eigenvalue weighted by molar-refractivity contribution is -0.0390. The number of hydrogen-bond donors (Lipinski definition) is 1. The summed E-state index contributed by atoms with van der Waals surface area (Å²) in [6, 6.07) is 5.44. The number of ether oxygens (including phenoxy) is 3. The molecular formula is C15H25NO3. The van der Waals surface area contributed by atoms with Crippen LogP contribution in [0.1, 0.15) is 38.3 Å². The molecule has 4 nitrogen and oxygen atoms in total. The zero-order valence-electron chi connectivity index (χ0n) is 12.5. The van der Waals surface area contributed by atoms with Gasteiger partial charge in [0.05, 0.1) is 25.9 Å². The Balaban J connectivity index is 3.20. The fourth-order valence-corrected chi connectivity index (χ4v) is 2.46. The molecule has 2 N–H and O–H groups in total. The fourth-order valence-electron chi connectivity index (χ4n) is 2.46. The Morgan fingerprint density at radius 3 is 2.16 bits per heavy atom. The molecule has 0 aromatic heterocycles. The normalized spacial score (nSPS) is 13.2. The molecule has 0 aliphatic carbocycles. The van der Waals surface area contributed by atoms with Crippen LogP contribution in [0.25, 0.3) is 0 Å². The van der Waals surface area contributed by atoms with Gasteiger partial charge in [-0.3, -0.25) is 0 Å². The summed E-state index contributed by atoms with van der Waals surface area (Å²) in [5, 5.41) is 0. The van der Waals surface area contributed by atoms with E-state index in [2.05, 4.69) is 13.8 Å². The summed E-state index contributed by atoms with van der Waals surface area (Å²) in [7, 11) is 4.98. The molecule has 1 aromatic carbocycles. The van der Waals surface area contributed by atoms with E-state index in [0.717, 1.165) is 29.9 Å². The summed E-state index contributed by atoms with van der Waals surface area (Å²) >= 11 is 0. The van der Waals surface area contributed by atoms with E-state index in [4.69, 9.17) is 19.9 Å². The van der Waals surface area contributed by atoms with Gasteiger partial charge in [0.2, 0.25) is 0 Å². The second-order valence-corrected chi connectivity index (χ2v) is 4.56. The van der Waals surface area contributed by atoms with Crippen molar-refractivity contribution in [2.24, 2.45) is 5.73 Å². The first-order chi connectivity index (χ1) is 9.08. The molecule has 0 saturated heterocycles. The molecule has 0 heterocycles. The van der Waals surface area contributed by atoms with Crippen molar-refractivity contribution in [3.8, 4) is 11.5 Å². The van der Waals surface area contributed by atoms with Crippen LogP contribution in [0, 0.1) is 0 Å². The van der Waals surface area contributed by atoms with Crippen molar-refractivity contribution < 1.29 is 14.2 Å². The molecule has 0 bridgehead atoms. The van der Waals surface area contributed by atoms with E-state index in [1.807, 2.05) is 18.2 Å². The van der Waals surface area contributed by atoms with Crippen LogP contribution in [0.5, 0.6) is 11.5 Å². The molecule has 108 valence electrons. The van der Waals surface area contributed by atoms with Crippen molar-refractivity contribution in [2.75, 3.05) is 21.3 Å². The predicted octanol–water partition coefficient (Wildman–Crippen LogP) is 2.91. The van der Waals surface area contributed by atoms with E-state index in [1.54, 1.807) is 21.3 Å². The maximum absolute atomic E-state index is 6.43. The minimum Gasteiger partial charge on any atom is -0.497 e. The lowest BCUT2D eigenvalue weighted by Crippen LogP contribution is -2.42. The van der Waals surface area contributed by atoms with Gasteiger partial charge >= 0.3 is 0 Å². The Morgan fingerprint density at radius 2 is 1.74 bits per heavy atom. The number of rotatable bonds is 7. The summed E-state index contributed by atoms with van der Waals surface area (Å²) in [4.78, 5) is 0. The van der Waals surface area contributed by atoms with Gasteiger partial charge in [-0.25, -0.2) is 0 Å². The lowest BCUT2D eigenvalue weighted by Gasteiger charge is -2.37. The van der Waals surface area contributed by atoms with Crippen molar-refractivity contribution in [3.05, 3.63) is 23.8 Å². The van der Waals surface area contributed by atoms with E-state index >= 15 is 0 Å². The molecule has 0 radical (unpaired) electrons. The quantitative estimate of drug-likeness (QED) is 0.825. The average Bonchev–Trinajstić information content (AvgIpc) is 2.48. The number of benzene rings is 1. The third kappa shape index (κ3) is 3.01. The van der Waals surface area contributed by atoms with E-state index in [-0.39, 0.29) is 11.6 Å². The molecule has 0 spiro atoms.